The van der Waals surface area contributed by atoms with E-state index in [1.165, 1.54) is 6.07 Å². The first kappa shape index (κ1) is 15.8. The van der Waals surface area contributed by atoms with Crippen molar-refractivity contribution in [2.24, 2.45) is 0 Å². The van der Waals surface area contributed by atoms with Gasteiger partial charge in [-0.25, -0.2) is 0 Å². The summed E-state index contributed by atoms with van der Waals surface area (Å²) in [5.74, 6) is 0.168. The molecule has 2 rings (SSSR count). The molecule has 0 bridgehead atoms. The molecule has 0 aromatic heterocycles. The number of aromatic hydroxyl groups is 1. The third-order valence-electron chi connectivity index (χ3n) is 2.98. The van der Waals surface area contributed by atoms with Crippen molar-refractivity contribution in [3.05, 3.63) is 72.3 Å². The van der Waals surface area contributed by atoms with Gasteiger partial charge in [-0.2, -0.15) is 0 Å². The monoisotopic (exact) mass is 298 g/mol. The van der Waals surface area contributed by atoms with E-state index in [-0.39, 0.29) is 17.1 Å². The minimum Gasteiger partial charge on any atom is -0.507 e. The molecule has 22 heavy (non-hydrogen) atoms. The Balaban J connectivity index is 2.00. The molecule has 0 spiro atoms. The van der Waals surface area contributed by atoms with Gasteiger partial charge in [0, 0.05) is 11.6 Å². The maximum absolute atomic E-state index is 12.3. The van der Waals surface area contributed by atoms with Gasteiger partial charge in [0.25, 0.3) is 0 Å². The molecule has 0 aliphatic heterocycles. The van der Waals surface area contributed by atoms with E-state index in [1.807, 2.05) is 6.07 Å². The summed E-state index contributed by atoms with van der Waals surface area (Å²) in [7, 11) is 0. The van der Waals surface area contributed by atoms with Gasteiger partial charge in [0.2, 0.25) is 0 Å². The molecule has 0 aliphatic carbocycles. The van der Waals surface area contributed by atoms with Crippen molar-refractivity contribution in [2.45, 2.75) is 0 Å². The maximum Gasteiger partial charge on any atom is 0.196 e. The molecule has 0 saturated heterocycles. The van der Waals surface area contributed by atoms with Crippen LogP contribution in [0.2, 0.25) is 0 Å². The van der Waals surface area contributed by atoms with Gasteiger partial charge in [0.1, 0.15) is 18.1 Å². The van der Waals surface area contributed by atoms with Gasteiger partial charge >= 0.3 is 0 Å². The lowest BCUT2D eigenvalue weighted by Crippen LogP contribution is -2.07. The third-order valence-corrected chi connectivity index (χ3v) is 2.98. The molecule has 1 N–H and O–H groups in total. The highest BCUT2D eigenvalue weighted by Gasteiger charge is 2.13. The zero-order valence-electron chi connectivity index (χ0n) is 12.2. The Kier molecular flexibility index (Phi) is 5.74. The number of carbonyl (C=O) groups excluding carboxylic acids is 1. The highest BCUT2D eigenvalue weighted by Crippen LogP contribution is 2.25. The van der Waals surface area contributed by atoms with Crippen molar-refractivity contribution >= 4 is 5.78 Å². The summed E-state index contributed by atoms with van der Waals surface area (Å²) in [6.07, 6.45) is 1.66. The standard InChI is InChI=1S/C18H18O4/c1-2-10-21-11-12-22-15-8-9-16(17(19)13-15)18(20)14-6-4-3-5-7-14/h2-9,13,19H,1,10-12H2. The summed E-state index contributed by atoms with van der Waals surface area (Å²) in [6, 6.07) is 13.5. The van der Waals surface area contributed by atoms with E-state index in [0.29, 0.717) is 31.1 Å². The van der Waals surface area contributed by atoms with Crippen LogP contribution in [0.5, 0.6) is 11.5 Å². The zero-order valence-corrected chi connectivity index (χ0v) is 12.2. The predicted octanol–water partition coefficient (Wildman–Crippen LogP) is 3.20. The Labute approximate surface area is 129 Å². The van der Waals surface area contributed by atoms with Crippen molar-refractivity contribution in [3.63, 3.8) is 0 Å². The summed E-state index contributed by atoms with van der Waals surface area (Å²) in [4.78, 5) is 12.3. The van der Waals surface area contributed by atoms with Crippen LogP contribution < -0.4 is 4.74 Å². The van der Waals surface area contributed by atoms with E-state index in [1.54, 1.807) is 42.5 Å². The van der Waals surface area contributed by atoms with Crippen LogP contribution in [0.25, 0.3) is 0 Å². The Hall–Kier alpha value is -2.59. The van der Waals surface area contributed by atoms with Crippen molar-refractivity contribution in [1.82, 2.24) is 0 Å². The second-order valence-electron chi connectivity index (χ2n) is 4.59. The SMILES string of the molecule is C=CCOCCOc1ccc(C(=O)c2ccccc2)c(O)c1. The number of hydrogen-bond donors (Lipinski definition) is 1. The fraction of sp³-hybridized carbons (Fsp3) is 0.167. The molecule has 0 unspecified atom stereocenters. The highest BCUT2D eigenvalue weighted by atomic mass is 16.5. The highest BCUT2D eigenvalue weighted by molar-refractivity contribution is 6.10. The largest absolute Gasteiger partial charge is 0.507 e. The molecular weight excluding hydrogens is 280 g/mol. The molecule has 0 heterocycles. The zero-order chi connectivity index (χ0) is 15.8. The topological polar surface area (TPSA) is 55.8 Å². The fourth-order valence-corrected chi connectivity index (χ4v) is 1.92. The molecule has 114 valence electrons. The van der Waals surface area contributed by atoms with Crippen molar-refractivity contribution in [3.8, 4) is 11.5 Å². The quantitative estimate of drug-likeness (QED) is 0.462. The van der Waals surface area contributed by atoms with E-state index in [9.17, 15) is 9.90 Å². The average Bonchev–Trinajstić information content (AvgIpc) is 2.55. The lowest BCUT2D eigenvalue weighted by atomic mass is 10.0. The number of phenols is 1. The maximum atomic E-state index is 12.3. The van der Waals surface area contributed by atoms with E-state index < -0.39 is 0 Å². The van der Waals surface area contributed by atoms with E-state index in [0.717, 1.165) is 0 Å². The number of rotatable bonds is 8. The lowest BCUT2D eigenvalue weighted by Gasteiger charge is -2.09. The molecule has 4 heteroatoms. The smallest absolute Gasteiger partial charge is 0.196 e. The number of ketones is 1. The van der Waals surface area contributed by atoms with Gasteiger partial charge in [-0.3, -0.25) is 4.79 Å². The Morgan fingerprint density at radius 3 is 2.59 bits per heavy atom. The first-order valence-corrected chi connectivity index (χ1v) is 6.96. The first-order chi connectivity index (χ1) is 10.7. The van der Waals surface area contributed by atoms with E-state index in [4.69, 9.17) is 9.47 Å². The lowest BCUT2D eigenvalue weighted by molar-refractivity contribution is 0.103. The van der Waals surface area contributed by atoms with Gasteiger partial charge < -0.3 is 14.6 Å². The molecule has 0 saturated carbocycles. The third kappa shape index (κ3) is 4.20. The van der Waals surface area contributed by atoms with Crippen LogP contribution in [-0.2, 0) is 4.74 Å². The first-order valence-electron chi connectivity index (χ1n) is 6.96. The Morgan fingerprint density at radius 2 is 1.91 bits per heavy atom. The van der Waals surface area contributed by atoms with Crippen LogP contribution in [0, 0.1) is 0 Å². The Morgan fingerprint density at radius 1 is 1.14 bits per heavy atom. The predicted molar refractivity (Wildman–Crippen MR) is 84.5 cm³/mol. The molecule has 0 aliphatic rings. The minimum absolute atomic E-state index is 0.0987. The van der Waals surface area contributed by atoms with Gasteiger partial charge in [0.05, 0.1) is 18.8 Å². The number of hydrogen-bond acceptors (Lipinski definition) is 4. The summed E-state index contributed by atoms with van der Waals surface area (Å²) in [5, 5.41) is 10.0. The summed E-state index contributed by atoms with van der Waals surface area (Å²) < 4.78 is 10.6. The average molecular weight is 298 g/mol. The van der Waals surface area contributed by atoms with Crippen molar-refractivity contribution in [1.29, 1.82) is 0 Å². The number of phenolic OH excluding ortho intramolecular Hbond substituents is 1. The molecule has 0 amide bonds. The van der Waals surface area contributed by atoms with Crippen molar-refractivity contribution in [2.75, 3.05) is 19.8 Å². The molecule has 2 aromatic carbocycles. The van der Waals surface area contributed by atoms with Gasteiger partial charge in [-0.05, 0) is 12.1 Å². The van der Waals surface area contributed by atoms with Crippen LogP contribution in [0.1, 0.15) is 15.9 Å². The number of ether oxygens (including phenoxy) is 2. The van der Waals surface area contributed by atoms with Gasteiger partial charge in [0.15, 0.2) is 5.78 Å². The Bertz CT molecular complexity index is 635. The van der Waals surface area contributed by atoms with E-state index >= 15 is 0 Å². The summed E-state index contributed by atoms with van der Waals surface area (Å²) in [5.41, 5.74) is 0.783. The molecule has 0 radical (unpaired) electrons. The minimum atomic E-state index is -0.223. The second kappa shape index (κ2) is 8.00. The second-order valence-corrected chi connectivity index (χ2v) is 4.59. The van der Waals surface area contributed by atoms with Crippen LogP contribution in [0.15, 0.2) is 61.2 Å². The van der Waals surface area contributed by atoms with Crippen LogP contribution in [-0.4, -0.2) is 30.7 Å². The van der Waals surface area contributed by atoms with Crippen molar-refractivity contribution < 1.29 is 19.4 Å². The van der Waals surface area contributed by atoms with Crippen LogP contribution in [0.4, 0.5) is 0 Å². The van der Waals surface area contributed by atoms with Crippen LogP contribution >= 0.6 is 0 Å². The van der Waals surface area contributed by atoms with Crippen LogP contribution in [0.3, 0.4) is 0 Å². The number of carbonyl (C=O) groups is 1. The number of benzene rings is 2. The summed E-state index contributed by atoms with van der Waals surface area (Å²) >= 11 is 0. The summed E-state index contributed by atoms with van der Waals surface area (Å²) in [6.45, 7) is 4.81. The normalized spacial score (nSPS) is 10.2. The molecule has 2 aromatic rings. The fourth-order valence-electron chi connectivity index (χ4n) is 1.92. The molecule has 0 atom stereocenters. The molecule has 4 nitrogen and oxygen atoms in total. The van der Waals surface area contributed by atoms with Gasteiger partial charge in [-0.15, -0.1) is 6.58 Å². The van der Waals surface area contributed by atoms with Gasteiger partial charge in [-0.1, -0.05) is 36.4 Å². The van der Waals surface area contributed by atoms with E-state index in [2.05, 4.69) is 6.58 Å². The molecular formula is C18H18O4. The molecule has 0 fully saturated rings.